The van der Waals surface area contributed by atoms with Gasteiger partial charge in [0.25, 0.3) is 5.91 Å². The molecule has 0 aliphatic rings. The molecular formula is C13H19N3O2. The molecule has 5 nitrogen and oxygen atoms in total. The molecule has 1 atom stereocenters. The van der Waals surface area contributed by atoms with Gasteiger partial charge in [0.05, 0.1) is 17.3 Å². The lowest BCUT2D eigenvalue weighted by molar-refractivity contribution is -0.118. The standard InChI is InChI=1S/C13H19N3O2/c1-8(2)11(14)13(18)16-10-7-5-4-6-9(10)12(17)15-3/h4-8,11H,14H2,1-3H3,(H,15,17)(H,16,18)/t11-/m1/s1. The molecule has 1 rings (SSSR count). The molecule has 0 fully saturated rings. The molecule has 0 radical (unpaired) electrons. The maximum atomic E-state index is 11.8. The van der Waals surface area contributed by atoms with E-state index in [1.54, 1.807) is 31.3 Å². The molecule has 4 N–H and O–H groups in total. The SMILES string of the molecule is CNC(=O)c1ccccc1NC(=O)[C@H](N)C(C)C. The Kier molecular flexibility index (Phi) is 4.85. The number of amides is 2. The molecule has 0 aliphatic carbocycles. The maximum absolute atomic E-state index is 11.8. The van der Waals surface area contributed by atoms with Gasteiger partial charge in [0.2, 0.25) is 5.91 Å². The van der Waals surface area contributed by atoms with Crippen LogP contribution in [0.5, 0.6) is 0 Å². The molecule has 1 aromatic carbocycles. The van der Waals surface area contributed by atoms with Crippen molar-refractivity contribution < 1.29 is 9.59 Å². The fourth-order valence-electron chi connectivity index (χ4n) is 1.44. The van der Waals surface area contributed by atoms with E-state index in [4.69, 9.17) is 5.73 Å². The summed E-state index contributed by atoms with van der Waals surface area (Å²) < 4.78 is 0. The highest BCUT2D eigenvalue weighted by Gasteiger charge is 2.19. The summed E-state index contributed by atoms with van der Waals surface area (Å²) in [6.07, 6.45) is 0. The van der Waals surface area contributed by atoms with Gasteiger partial charge in [-0.05, 0) is 18.1 Å². The van der Waals surface area contributed by atoms with E-state index < -0.39 is 6.04 Å². The van der Waals surface area contributed by atoms with E-state index in [9.17, 15) is 9.59 Å². The third kappa shape index (κ3) is 3.30. The highest BCUT2D eigenvalue weighted by molar-refractivity contribution is 6.04. The van der Waals surface area contributed by atoms with Gasteiger partial charge in [-0.15, -0.1) is 0 Å². The fraction of sp³-hybridized carbons (Fsp3) is 0.385. The Bertz CT molecular complexity index is 444. The van der Waals surface area contributed by atoms with Crippen molar-refractivity contribution in [2.24, 2.45) is 11.7 Å². The van der Waals surface area contributed by atoms with Crippen LogP contribution in [0.25, 0.3) is 0 Å². The first-order valence-corrected chi connectivity index (χ1v) is 5.85. The number of rotatable bonds is 4. The van der Waals surface area contributed by atoms with Crippen LogP contribution >= 0.6 is 0 Å². The van der Waals surface area contributed by atoms with Crippen molar-refractivity contribution in [1.82, 2.24) is 5.32 Å². The van der Waals surface area contributed by atoms with Gasteiger partial charge in [0, 0.05) is 7.05 Å². The van der Waals surface area contributed by atoms with Crippen LogP contribution in [-0.2, 0) is 4.79 Å². The first kappa shape index (κ1) is 14.2. The predicted octanol–water partition coefficient (Wildman–Crippen LogP) is 0.968. The Balaban J connectivity index is 2.91. The monoisotopic (exact) mass is 249 g/mol. The Hall–Kier alpha value is -1.88. The minimum absolute atomic E-state index is 0.0390. The van der Waals surface area contributed by atoms with Gasteiger partial charge in [-0.3, -0.25) is 9.59 Å². The lowest BCUT2D eigenvalue weighted by Gasteiger charge is -2.16. The zero-order valence-corrected chi connectivity index (χ0v) is 10.9. The predicted molar refractivity (Wildman–Crippen MR) is 71.3 cm³/mol. The topological polar surface area (TPSA) is 84.2 Å². The summed E-state index contributed by atoms with van der Waals surface area (Å²) in [5.74, 6) is -0.498. The maximum Gasteiger partial charge on any atom is 0.253 e. The van der Waals surface area contributed by atoms with Crippen molar-refractivity contribution in [3.8, 4) is 0 Å². The van der Waals surface area contributed by atoms with Gasteiger partial charge in [0.1, 0.15) is 0 Å². The van der Waals surface area contributed by atoms with Crippen LogP contribution in [0.1, 0.15) is 24.2 Å². The van der Waals surface area contributed by atoms with Gasteiger partial charge in [-0.25, -0.2) is 0 Å². The second-order valence-electron chi connectivity index (χ2n) is 4.38. The van der Waals surface area contributed by atoms with E-state index in [1.807, 2.05) is 13.8 Å². The Labute approximate surface area is 107 Å². The van der Waals surface area contributed by atoms with Gasteiger partial charge >= 0.3 is 0 Å². The van der Waals surface area contributed by atoms with Crippen molar-refractivity contribution >= 4 is 17.5 Å². The Morgan fingerprint density at radius 3 is 2.39 bits per heavy atom. The van der Waals surface area contributed by atoms with Crippen molar-refractivity contribution in [2.45, 2.75) is 19.9 Å². The zero-order chi connectivity index (χ0) is 13.7. The largest absolute Gasteiger partial charge is 0.355 e. The zero-order valence-electron chi connectivity index (χ0n) is 10.9. The van der Waals surface area contributed by atoms with Crippen LogP contribution in [0.3, 0.4) is 0 Å². The lowest BCUT2D eigenvalue weighted by atomic mass is 10.0. The van der Waals surface area contributed by atoms with Crippen LogP contribution < -0.4 is 16.4 Å². The third-order valence-electron chi connectivity index (χ3n) is 2.68. The number of anilines is 1. The summed E-state index contributed by atoms with van der Waals surface area (Å²) in [5, 5.41) is 5.21. The molecule has 0 unspecified atom stereocenters. The number of nitrogens with two attached hydrogens (primary N) is 1. The summed E-state index contributed by atoms with van der Waals surface area (Å²) in [6, 6.07) is 6.22. The average Bonchev–Trinajstić information content (AvgIpc) is 2.37. The smallest absolute Gasteiger partial charge is 0.253 e. The summed E-state index contributed by atoms with van der Waals surface area (Å²) in [5.41, 5.74) is 6.64. The van der Waals surface area contributed by atoms with Crippen LogP contribution in [0, 0.1) is 5.92 Å². The number of hydrogen-bond donors (Lipinski definition) is 3. The normalized spacial score (nSPS) is 12.1. The highest BCUT2D eigenvalue weighted by atomic mass is 16.2. The van der Waals surface area contributed by atoms with Crippen LogP contribution in [-0.4, -0.2) is 24.9 Å². The number of carbonyl (C=O) groups is 2. The van der Waals surface area contributed by atoms with E-state index in [2.05, 4.69) is 10.6 Å². The molecule has 2 amide bonds. The number of nitrogens with one attached hydrogen (secondary N) is 2. The van der Waals surface area contributed by atoms with Gasteiger partial charge < -0.3 is 16.4 Å². The number of carbonyl (C=O) groups excluding carboxylic acids is 2. The molecule has 0 saturated carbocycles. The second-order valence-corrected chi connectivity index (χ2v) is 4.38. The molecular weight excluding hydrogens is 230 g/mol. The quantitative estimate of drug-likeness (QED) is 0.743. The lowest BCUT2D eigenvalue weighted by Crippen LogP contribution is -2.40. The van der Waals surface area contributed by atoms with Crippen LogP contribution in [0.15, 0.2) is 24.3 Å². The molecule has 0 aliphatic heterocycles. The Morgan fingerprint density at radius 1 is 1.22 bits per heavy atom. The number of benzene rings is 1. The van der Waals surface area contributed by atoms with Crippen molar-refractivity contribution in [1.29, 1.82) is 0 Å². The summed E-state index contributed by atoms with van der Waals surface area (Å²) in [7, 11) is 1.54. The van der Waals surface area contributed by atoms with Crippen LogP contribution in [0.4, 0.5) is 5.69 Å². The number of hydrogen-bond acceptors (Lipinski definition) is 3. The third-order valence-corrected chi connectivity index (χ3v) is 2.68. The first-order chi connectivity index (χ1) is 8.47. The number of para-hydroxylation sites is 1. The molecule has 0 saturated heterocycles. The molecule has 0 aromatic heterocycles. The molecule has 0 bridgehead atoms. The van der Waals surface area contributed by atoms with Gasteiger partial charge in [0.15, 0.2) is 0 Å². The first-order valence-electron chi connectivity index (χ1n) is 5.85. The molecule has 0 heterocycles. The summed E-state index contributed by atoms with van der Waals surface area (Å²) >= 11 is 0. The van der Waals surface area contributed by atoms with Crippen LogP contribution in [0.2, 0.25) is 0 Å². The van der Waals surface area contributed by atoms with E-state index in [0.29, 0.717) is 11.3 Å². The van der Waals surface area contributed by atoms with Gasteiger partial charge in [-0.1, -0.05) is 26.0 Å². The van der Waals surface area contributed by atoms with Gasteiger partial charge in [-0.2, -0.15) is 0 Å². The van der Waals surface area contributed by atoms with Crippen molar-refractivity contribution in [3.63, 3.8) is 0 Å². The highest BCUT2D eigenvalue weighted by Crippen LogP contribution is 2.15. The summed E-state index contributed by atoms with van der Waals surface area (Å²) in [6.45, 7) is 3.74. The van der Waals surface area contributed by atoms with Crippen molar-refractivity contribution in [3.05, 3.63) is 29.8 Å². The summed E-state index contributed by atoms with van der Waals surface area (Å²) in [4.78, 5) is 23.5. The molecule has 5 heteroatoms. The average molecular weight is 249 g/mol. The second kappa shape index (κ2) is 6.16. The molecule has 18 heavy (non-hydrogen) atoms. The fourth-order valence-corrected chi connectivity index (χ4v) is 1.44. The van der Waals surface area contributed by atoms with E-state index in [0.717, 1.165) is 0 Å². The van der Waals surface area contributed by atoms with Crippen molar-refractivity contribution in [2.75, 3.05) is 12.4 Å². The minimum atomic E-state index is -0.595. The van der Waals surface area contributed by atoms with E-state index in [1.165, 1.54) is 0 Å². The molecule has 1 aromatic rings. The van der Waals surface area contributed by atoms with E-state index in [-0.39, 0.29) is 17.7 Å². The van der Waals surface area contributed by atoms with E-state index >= 15 is 0 Å². The molecule has 98 valence electrons. The molecule has 0 spiro atoms. The minimum Gasteiger partial charge on any atom is -0.355 e. The Morgan fingerprint density at radius 2 is 1.83 bits per heavy atom.